The van der Waals surface area contributed by atoms with Gasteiger partial charge in [0.15, 0.2) is 0 Å². The fraction of sp³-hybridized carbons (Fsp3) is 0.333. The molecule has 4 heteroatoms. The number of aromatic nitrogens is 3. The monoisotopic (exact) mass is 325 g/mol. The van der Waals surface area contributed by atoms with Gasteiger partial charge in [0.2, 0.25) is 0 Å². The molecule has 0 fully saturated rings. The van der Waals surface area contributed by atoms with Gasteiger partial charge in [-0.2, -0.15) is 0 Å². The average Bonchev–Trinajstić information content (AvgIpc) is 2.73. The highest BCUT2D eigenvalue weighted by Gasteiger charge is 2.14. The first-order chi connectivity index (χ1) is 7.86. The Balaban J connectivity index is 2.22. The summed E-state index contributed by atoms with van der Waals surface area (Å²) in [5.41, 5.74) is 3.45. The zero-order valence-electron chi connectivity index (χ0n) is 8.83. The number of halogens is 1. The predicted molar refractivity (Wildman–Crippen MR) is 73.1 cm³/mol. The van der Waals surface area contributed by atoms with Crippen molar-refractivity contribution in [3.8, 4) is 0 Å². The summed E-state index contributed by atoms with van der Waals surface area (Å²) in [5.74, 6) is 0. The van der Waals surface area contributed by atoms with E-state index in [1.165, 1.54) is 33.8 Å². The van der Waals surface area contributed by atoms with E-state index in [4.69, 9.17) is 0 Å². The Kier molecular flexibility index (Phi) is 2.67. The zero-order valence-corrected chi connectivity index (χ0v) is 11.0. The SMILES string of the molecule is Ic1c[nH]c2ncnc(C3=CCCCC3)c12. The van der Waals surface area contributed by atoms with Crippen LogP contribution in [-0.4, -0.2) is 15.0 Å². The van der Waals surface area contributed by atoms with Crippen molar-refractivity contribution < 1.29 is 0 Å². The first kappa shape index (κ1) is 10.3. The average molecular weight is 325 g/mol. The van der Waals surface area contributed by atoms with Crippen LogP contribution in [0.3, 0.4) is 0 Å². The molecule has 1 N–H and O–H groups in total. The number of H-pyrrole nitrogens is 1. The van der Waals surface area contributed by atoms with Crippen molar-refractivity contribution in [2.45, 2.75) is 25.7 Å². The minimum atomic E-state index is 0.945. The van der Waals surface area contributed by atoms with E-state index in [1.54, 1.807) is 6.33 Å². The Bertz CT molecular complexity index is 556. The fourth-order valence-electron chi connectivity index (χ4n) is 2.22. The topological polar surface area (TPSA) is 41.6 Å². The number of aromatic amines is 1. The molecule has 1 aliphatic rings. The van der Waals surface area contributed by atoms with Crippen molar-refractivity contribution in [1.82, 2.24) is 15.0 Å². The van der Waals surface area contributed by atoms with Crippen LogP contribution in [0.2, 0.25) is 0 Å². The van der Waals surface area contributed by atoms with E-state index in [0.717, 1.165) is 17.8 Å². The molecule has 0 aliphatic heterocycles. The van der Waals surface area contributed by atoms with E-state index < -0.39 is 0 Å². The molecule has 3 nitrogen and oxygen atoms in total. The summed E-state index contributed by atoms with van der Waals surface area (Å²) in [6.07, 6.45) is 10.9. The molecule has 82 valence electrons. The molecule has 3 rings (SSSR count). The number of nitrogens with zero attached hydrogens (tertiary/aromatic N) is 2. The lowest BCUT2D eigenvalue weighted by Gasteiger charge is -2.12. The quantitative estimate of drug-likeness (QED) is 0.815. The molecule has 1 aliphatic carbocycles. The number of hydrogen-bond acceptors (Lipinski definition) is 2. The second-order valence-corrected chi connectivity index (χ2v) is 5.22. The molecule has 0 atom stereocenters. The van der Waals surface area contributed by atoms with Crippen LogP contribution in [0.4, 0.5) is 0 Å². The van der Waals surface area contributed by atoms with Crippen LogP contribution in [0.1, 0.15) is 31.4 Å². The van der Waals surface area contributed by atoms with Crippen LogP contribution in [0.5, 0.6) is 0 Å². The molecule has 0 aromatic carbocycles. The minimum absolute atomic E-state index is 0.945. The Morgan fingerprint density at radius 3 is 3.00 bits per heavy atom. The minimum Gasteiger partial charge on any atom is -0.345 e. The van der Waals surface area contributed by atoms with Crippen molar-refractivity contribution in [1.29, 1.82) is 0 Å². The van der Waals surface area contributed by atoms with Gasteiger partial charge in [-0.3, -0.25) is 0 Å². The summed E-state index contributed by atoms with van der Waals surface area (Å²) in [6, 6.07) is 0. The van der Waals surface area contributed by atoms with Gasteiger partial charge >= 0.3 is 0 Å². The summed E-state index contributed by atoms with van der Waals surface area (Å²) in [7, 11) is 0. The van der Waals surface area contributed by atoms with E-state index in [1.807, 2.05) is 6.20 Å². The van der Waals surface area contributed by atoms with E-state index >= 15 is 0 Å². The largest absolute Gasteiger partial charge is 0.345 e. The molecule has 0 saturated heterocycles. The lowest BCUT2D eigenvalue weighted by molar-refractivity contribution is 0.740. The summed E-state index contributed by atoms with van der Waals surface area (Å²) in [4.78, 5) is 11.9. The van der Waals surface area contributed by atoms with Crippen LogP contribution >= 0.6 is 22.6 Å². The van der Waals surface area contributed by atoms with Gasteiger partial charge < -0.3 is 4.98 Å². The van der Waals surface area contributed by atoms with E-state index in [9.17, 15) is 0 Å². The molecular formula is C12H12IN3. The van der Waals surface area contributed by atoms with Gasteiger partial charge in [-0.1, -0.05) is 6.08 Å². The van der Waals surface area contributed by atoms with E-state index in [2.05, 4.69) is 43.6 Å². The van der Waals surface area contributed by atoms with Gasteiger partial charge in [0.25, 0.3) is 0 Å². The molecule has 0 bridgehead atoms. The molecule has 2 aromatic heterocycles. The lowest BCUT2D eigenvalue weighted by Crippen LogP contribution is -1.96. The van der Waals surface area contributed by atoms with Crippen LogP contribution in [0.25, 0.3) is 16.6 Å². The highest BCUT2D eigenvalue weighted by molar-refractivity contribution is 14.1. The van der Waals surface area contributed by atoms with Gasteiger partial charge in [-0.25, -0.2) is 9.97 Å². The molecular weight excluding hydrogens is 313 g/mol. The molecule has 2 heterocycles. The molecule has 16 heavy (non-hydrogen) atoms. The van der Waals surface area contributed by atoms with Crippen molar-refractivity contribution in [3.05, 3.63) is 27.9 Å². The molecule has 0 saturated carbocycles. The third kappa shape index (κ3) is 1.65. The summed E-state index contributed by atoms with van der Waals surface area (Å²) < 4.78 is 1.20. The lowest BCUT2D eigenvalue weighted by atomic mass is 9.96. The van der Waals surface area contributed by atoms with Gasteiger partial charge in [0.05, 0.1) is 11.1 Å². The number of rotatable bonds is 1. The van der Waals surface area contributed by atoms with E-state index in [-0.39, 0.29) is 0 Å². The van der Waals surface area contributed by atoms with Gasteiger partial charge in [0, 0.05) is 9.77 Å². The highest BCUT2D eigenvalue weighted by atomic mass is 127. The molecule has 2 aromatic rings. The first-order valence-electron chi connectivity index (χ1n) is 5.53. The van der Waals surface area contributed by atoms with Crippen molar-refractivity contribution in [2.24, 2.45) is 0 Å². The Morgan fingerprint density at radius 1 is 1.25 bits per heavy atom. The second-order valence-electron chi connectivity index (χ2n) is 4.06. The third-order valence-corrected chi connectivity index (χ3v) is 3.87. The maximum Gasteiger partial charge on any atom is 0.142 e. The van der Waals surface area contributed by atoms with Crippen LogP contribution < -0.4 is 0 Å². The van der Waals surface area contributed by atoms with Crippen LogP contribution in [0, 0.1) is 3.57 Å². The van der Waals surface area contributed by atoms with E-state index in [0.29, 0.717) is 0 Å². The molecule has 0 unspecified atom stereocenters. The van der Waals surface area contributed by atoms with Crippen LogP contribution in [0.15, 0.2) is 18.6 Å². The standard InChI is InChI=1S/C12H12IN3/c13-9-6-14-12-10(9)11(15-7-16-12)8-4-2-1-3-5-8/h4,6-7H,1-3,5H2,(H,14,15,16). The zero-order chi connectivity index (χ0) is 11.0. The Labute approximate surface area is 108 Å². The Hall–Kier alpha value is -0.910. The number of fused-ring (bicyclic) bond motifs is 1. The smallest absolute Gasteiger partial charge is 0.142 e. The first-order valence-corrected chi connectivity index (χ1v) is 6.61. The highest BCUT2D eigenvalue weighted by Crippen LogP contribution is 2.31. The second kappa shape index (κ2) is 4.16. The van der Waals surface area contributed by atoms with Crippen LogP contribution in [-0.2, 0) is 0 Å². The number of nitrogens with one attached hydrogen (secondary N) is 1. The third-order valence-electron chi connectivity index (χ3n) is 3.02. The summed E-state index contributed by atoms with van der Waals surface area (Å²) >= 11 is 2.34. The maximum atomic E-state index is 4.46. The molecule has 0 spiro atoms. The Morgan fingerprint density at radius 2 is 2.19 bits per heavy atom. The number of allylic oxidation sites excluding steroid dienone is 2. The summed E-state index contributed by atoms with van der Waals surface area (Å²) in [6.45, 7) is 0. The van der Waals surface area contributed by atoms with Crippen molar-refractivity contribution in [3.63, 3.8) is 0 Å². The molecule has 0 amide bonds. The fourth-order valence-corrected chi connectivity index (χ4v) is 2.89. The predicted octanol–water partition coefficient (Wildman–Crippen LogP) is 3.52. The molecule has 0 radical (unpaired) electrons. The maximum absolute atomic E-state index is 4.46. The van der Waals surface area contributed by atoms with Gasteiger partial charge in [-0.05, 0) is 53.8 Å². The summed E-state index contributed by atoms with van der Waals surface area (Å²) in [5, 5.41) is 1.18. The normalized spacial score (nSPS) is 16.4. The van der Waals surface area contributed by atoms with Gasteiger partial charge in [-0.15, -0.1) is 0 Å². The van der Waals surface area contributed by atoms with Gasteiger partial charge in [0.1, 0.15) is 12.0 Å². The number of hydrogen-bond donors (Lipinski definition) is 1. The van der Waals surface area contributed by atoms with Crippen molar-refractivity contribution in [2.75, 3.05) is 0 Å². The van der Waals surface area contributed by atoms with Crippen molar-refractivity contribution >= 4 is 39.2 Å².